The van der Waals surface area contributed by atoms with E-state index in [9.17, 15) is 5.11 Å². The molecule has 0 amide bonds. The normalized spacial score (nSPS) is 11.2. The molecule has 0 spiro atoms. The Bertz CT molecular complexity index is 553. The third kappa shape index (κ3) is 10.5. The minimum Gasteiger partial charge on any atom is -0.853 e. The quantitative estimate of drug-likeness (QED) is 0.415. The van der Waals surface area contributed by atoms with Crippen LogP contribution in [0, 0.1) is 0 Å². The Morgan fingerprint density at radius 1 is 0.607 bits per heavy atom. The summed E-state index contributed by atoms with van der Waals surface area (Å²) in [5.41, 5.74) is 2.65. The summed E-state index contributed by atoms with van der Waals surface area (Å²) in [4.78, 5) is 2.46. The Morgan fingerprint density at radius 2 is 1.07 bits per heavy atom. The maximum Gasteiger partial charge on any atom is 0.0701 e. The molecular formula is C23H32NO4-. The van der Waals surface area contributed by atoms with Crippen molar-refractivity contribution in [1.82, 2.24) is 4.90 Å². The van der Waals surface area contributed by atoms with Crippen LogP contribution in [0.25, 0.3) is 0 Å². The molecule has 28 heavy (non-hydrogen) atoms. The molecule has 0 radical (unpaired) electrons. The van der Waals surface area contributed by atoms with Gasteiger partial charge in [-0.2, -0.15) is 0 Å². The maximum absolute atomic E-state index is 10.2. The van der Waals surface area contributed by atoms with Gasteiger partial charge in [-0.1, -0.05) is 60.7 Å². The molecule has 0 aromatic heterocycles. The number of hydrogen-bond acceptors (Lipinski definition) is 5. The van der Waals surface area contributed by atoms with Crippen LogP contribution in [-0.2, 0) is 27.3 Å². The third-order valence-corrected chi connectivity index (χ3v) is 4.23. The molecule has 0 saturated carbocycles. The van der Waals surface area contributed by atoms with E-state index in [0.717, 1.165) is 32.7 Å². The molecule has 2 aromatic rings. The highest BCUT2D eigenvalue weighted by Crippen LogP contribution is 2.10. The first-order chi connectivity index (χ1) is 13.9. The number of nitrogens with zero attached hydrogens (tertiary/aromatic N) is 1. The van der Waals surface area contributed by atoms with E-state index in [-0.39, 0.29) is 13.2 Å². The fourth-order valence-corrected chi connectivity index (χ4v) is 2.89. The molecule has 5 heteroatoms. The highest BCUT2D eigenvalue weighted by atomic mass is 16.5. The summed E-state index contributed by atoms with van der Waals surface area (Å²) in [6.45, 7) is 5.73. The van der Waals surface area contributed by atoms with Crippen LogP contribution in [0.3, 0.4) is 0 Å². The summed E-state index contributed by atoms with van der Waals surface area (Å²) in [5, 5.41) is 10.2. The summed E-state index contributed by atoms with van der Waals surface area (Å²) < 4.78 is 16.1. The van der Waals surface area contributed by atoms with Crippen molar-refractivity contribution < 1.29 is 19.3 Å². The fraction of sp³-hybridized carbons (Fsp3) is 0.478. The van der Waals surface area contributed by atoms with E-state index in [1.807, 2.05) is 0 Å². The molecule has 0 atom stereocenters. The van der Waals surface area contributed by atoms with Crippen molar-refractivity contribution in [1.29, 1.82) is 0 Å². The van der Waals surface area contributed by atoms with E-state index < -0.39 is 0 Å². The van der Waals surface area contributed by atoms with Gasteiger partial charge < -0.3 is 19.3 Å². The van der Waals surface area contributed by atoms with Gasteiger partial charge in [-0.15, -0.1) is 6.61 Å². The summed E-state index contributed by atoms with van der Waals surface area (Å²) in [5.74, 6) is 0. The lowest BCUT2D eigenvalue weighted by atomic mass is 10.1. The van der Waals surface area contributed by atoms with Gasteiger partial charge >= 0.3 is 0 Å². The van der Waals surface area contributed by atoms with Gasteiger partial charge in [-0.05, 0) is 17.5 Å². The van der Waals surface area contributed by atoms with Crippen molar-refractivity contribution in [3.63, 3.8) is 0 Å². The topological polar surface area (TPSA) is 54.0 Å². The summed E-state index contributed by atoms with van der Waals surface area (Å²) >= 11 is 0. The molecule has 0 fully saturated rings. The second kappa shape index (κ2) is 15.2. The van der Waals surface area contributed by atoms with Crippen LogP contribution < -0.4 is 5.11 Å². The molecule has 0 heterocycles. The van der Waals surface area contributed by atoms with E-state index in [2.05, 4.69) is 65.6 Å². The van der Waals surface area contributed by atoms with E-state index in [4.69, 9.17) is 14.2 Å². The molecule has 5 nitrogen and oxygen atoms in total. The van der Waals surface area contributed by atoms with Crippen LogP contribution in [0.1, 0.15) is 17.5 Å². The minimum atomic E-state index is -0.200. The zero-order valence-electron chi connectivity index (χ0n) is 16.6. The highest BCUT2D eigenvalue weighted by molar-refractivity contribution is 5.17. The first kappa shape index (κ1) is 22.5. The van der Waals surface area contributed by atoms with Crippen molar-refractivity contribution in [3.8, 4) is 0 Å². The standard InChI is InChI=1S/C23H32NO4/c25-13-15-27-17-19-28-18-16-26-14-7-12-24(20-22-8-3-1-4-9-22)21-23-10-5-2-6-11-23/h1-6,8-11H,7,12-21H2/q-1. The average molecular weight is 387 g/mol. The Hall–Kier alpha value is -1.76. The molecule has 0 unspecified atom stereocenters. The van der Waals surface area contributed by atoms with Crippen LogP contribution in [0.5, 0.6) is 0 Å². The third-order valence-electron chi connectivity index (χ3n) is 4.23. The van der Waals surface area contributed by atoms with E-state index in [0.29, 0.717) is 26.4 Å². The zero-order chi connectivity index (χ0) is 19.7. The molecule has 0 aliphatic rings. The second-order valence-electron chi connectivity index (χ2n) is 6.58. The molecule has 154 valence electrons. The summed E-state index contributed by atoms with van der Waals surface area (Å²) in [6, 6.07) is 21.2. The lowest BCUT2D eigenvalue weighted by molar-refractivity contribution is -0.374. The van der Waals surface area contributed by atoms with Gasteiger partial charge in [0.2, 0.25) is 0 Å². The van der Waals surface area contributed by atoms with Gasteiger partial charge in [0.05, 0.1) is 26.4 Å². The Labute approximate surface area is 168 Å². The SMILES string of the molecule is [O-]CCOCCOCCOCCCN(Cc1ccccc1)Cc1ccccc1. The largest absolute Gasteiger partial charge is 0.853 e. The summed E-state index contributed by atoms with van der Waals surface area (Å²) in [7, 11) is 0. The molecule has 2 rings (SSSR count). The predicted octanol–water partition coefficient (Wildman–Crippen LogP) is 2.49. The molecule has 2 aromatic carbocycles. The number of hydrogen-bond donors (Lipinski definition) is 0. The number of ether oxygens (including phenoxy) is 3. The number of rotatable bonds is 16. The fourth-order valence-electron chi connectivity index (χ4n) is 2.89. The number of benzene rings is 2. The van der Waals surface area contributed by atoms with Crippen LogP contribution in [0.15, 0.2) is 60.7 Å². The van der Waals surface area contributed by atoms with Crippen molar-refractivity contribution in [2.45, 2.75) is 19.5 Å². The van der Waals surface area contributed by atoms with Crippen molar-refractivity contribution in [2.24, 2.45) is 0 Å². The summed E-state index contributed by atoms with van der Waals surface area (Å²) in [6.07, 6.45) is 0.978. The molecule has 0 aliphatic heterocycles. The minimum absolute atomic E-state index is 0.200. The zero-order valence-corrected chi connectivity index (χ0v) is 16.6. The van der Waals surface area contributed by atoms with Gasteiger partial charge in [0.1, 0.15) is 0 Å². The lowest BCUT2D eigenvalue weighted by Gasteiger charge is -2.22. The first-order valence-electron chi connectivity index (χ1n) is 10.00. The predicted molar refractivity (Wildman–Crippen MR) is 109 cm³/mol. The van der Waals surface area contributed by atoms with E-state index in [1.165, 1.54) is 11.1 Å². The van der Waals surface area contributed by atoms with Crippen molar-refractivity contribution in [3.05, 3.63) is 71.8 Å². The Morgan fingerprint density at radius 3 is 1.57 bits per heavy atom. The maximum atomic E-state index is 10.2. The van der Waals surface area contributed by atoms with E-state index in [1.54, 1.807) is 0 Å². The van der Waals surface area contributed by atoms with Crippen LogP contribution in [-0.4, -0.2) is 57.7 Å². The van der Waals surface area contributed by atoms with Gasteiger partial charge in [-0.25, -0.2) is 0 Å². The monoisotopic (exact) mass is 386 g/mol. The molecule has 0 N–H and O–H groups in total. The van der Waals surface area contributed by atoms with Gasteiger partial charge in [0.15, 0.2) is 0 Å². The van der Waals surface area contributed by atoms with Gasteiger partial charge in [-0.3, -0.25) is 4.90 Å². The van der Waals surface area contributed by atoms with Crippen molar-refractivity contribution >= 4 is 0 Å². The first-order valence-corrected chi connectivity index (χ1v) is 10.00. The van der Waals surface area contributed by atoms with Gasteiger partial charge in [0.25, 0.3) is 0 Å². The molecule has 0 aliphatic carbocycles. The van der Waals surface area contributed by atoms with Crippen molar-refractivity contribution in [2.75, 3.05) is 52.8 Å². The Balaban J connectivity index is 1.62. The smallest absolute Gasteiger partial charge is 0.0701 e. The highest BCUT2D eigenvalue weighted by Gasteiger charge is 2.07. The lowest BCUT2D eigenvalue weighted by Crippen LogP contribution is -2.25. The van der Waals surface area contributed by atoms with Crippen LogP contribution in [0.2, 0.25) is 0 Å². The average Bonchev–Trinajstić information content (AvgIpc) is 2.73. The van der Waals surface area contributed by atoms with Gasteiger partial charge in [0, 0.05) is 32.8 Å². The molecule has 0 bridgehead atoms. The second-order valence-corrected chi connectivity index (χ2v) is 6.58. The Kier molecular flexibility index (Phi) is 12.2. The van der Waals surface area contributed by atoms with E-state index >= 15 is 0 Å². The molecule has 0 saturated heterocycles. The van der Waals surface area contributed by atoms with Crippen LogP contribution in [0.4, 0.5) is 0 Å². The molecular weight excluding hydrogens is 354 g/mol. The van der Waals surface area contributed by atoms with Crippen LogP contribution >= 0.6 is 0 Å².